The second kappa shape index (κ2) is 5.00. The summed E-state index contributed by atoms with van der Waals surface area (Å²) >= 11 is 1.96. The molecule has 0 spiro atoms. The fourth-order valence-corrected chi connectivity index (χ4v) is 1.28. The van der Waals surface area contributed by atoms with Crippen molar-refractivity contribution in [1.82, 2.24) is 9.97 Å². The van der Waals surface area contributed by atoms with Crippen LogP contribution in [0.4, 0.5) is 5.82 Å². The van der Waals surface area contributed by atoms with Crippen molar-refractivity contribution in [1.29, 1.82) is 0 Å². The summed E-state index contributed by atoms with van der Waals surface area (Å²) in [6, 6.07) is 0. The Morgan fingerprint density at radius 1 is 1.77 bits per heavy atom. The fraction of sp³-hybridized carbons (Fsp3) is 0.250. The fourth-order valence-electron chi connectivity index (χ4n) is 0.799. The molecule has 0 bridgehead atoms. The van der Waals surface area contributed by atoms with E-state index in [1.54, 1.807) is 0 Å². The normalized spacial score (nSPS) is 9.62. The first kappa shape index (κ1) is 10.2. The number of aromatic nitrogens is 2. The third kappa shape index (κ3) is 2.83. The predicted octanol–water partition coefficient (Wildman–Crippen LogP) is 1.36. The number of hydrogen-bond donors (Lipinski definition) is 2. The quantitative estimate of drug-likeness (QED) is 0.500. The van der Waals surface area contributed by atoms with Gasteiger partial charge in [-0.2, -0.15) is 0 Å². The van der Waals surface area contributed by atoms with E-state index in [1.807, 2.05) is 28.7 Å². The number of halogens is 1. The molecule has 0 aromatic carbocycles. The Morgan fingerprint density at radius 2 is 2.54 bits per heavy atom. The molecule has 0 atom stereocenters. The first-order valence-electron chi connectivity index (χ1n) is 3.83. The molecule has 0 aliphatic rings. The van der Waals surface area contributed by atoms with Gasteiger partial charge in [0.25, 0.3) is 5.56 Å². The maximum absolute atomic E-state index is 11.1. The molecule has 0 aliphatic heterocycles. The second-order valence-electron chi connectivity index (χ2n) is 2.40. The highest BCUT2D eigenvalue weighted by atomic mass is 127. The Kier molecular flexibility index (Phi) is 3.94. The number of hydrogen-bond acceptors (Lipinski definition) is 3. The van der Waals surface area contributed by atoms with E-state index in [0.717, 1.165) is 13.0 Å². The average molecular weight is 291 g/mol. The molecule has 2 N–H and O–H groups in total. The van der Waals surface area contributed by atoms with E-state index >= 15 is 0 Å². The van der Waals surface area contributed by atoms with E-state index < -0.39 is 0 Å². The van der Waals surface area contributed by atoms with Crippen LogP contribution in [0, 0.1) is 3.57 Å². The summed E-state index contributed by atoms with van der Waals surface area (Å²) < 4.78 is 0.587. The highest BCUT2D eigenvalue weighted by molar-refractivity contribution is 14.1. The zero-order chi connectivity index (χ0) is 9.68. The molecule has 5 heteroatoms. The largest absolute Gasteiger partial charge is 0.369 e. The lowest BCUT2D eigenvalue weighted by Crippen LogP contribution is -2.15. The molecule has 1 rings (SSSR count). The topological polar surface area (TPSA) is 57.8 Å². The van der Waals surface area contributed by atoms with Gasteiger partial charge in [-0.25, -0.2) is 4.98 Å². The van der Waals surface area contributed by atoms with Crippen molar-refractivity contribution >= 4 is 28.4 Å². The molecule has 0 amide bonds. The Morgan fingerprint density at radius 3 is 3.23 bits per heavy atom. The van der Waals surface area contributed by atoms with E-state index in [-0.39, 0.29) is 5.56 Å². The first-order chi connectivity index (χ1) is 6.25. The highest BCUT2D eigenvalue weighted by Gasteiger charge is 2.02. The number of aromatic amines is 1. The molecule has 70 valence electrons. The van der Waals surface area contributed by atoms with Crippen LogP contribution in [0.5, 0.6) is 0 Å². The summed E-state index contributed by atoms with van der Waals surface area (Å²) in [7, 11) is 0. The van der Waals surface area contributed by atoms with Crippen LogP contribution in [0.1, 0.15) is 6.42 Å². The lowest BCUT2D eigenvalue weighted by Gasteiger charge is -2.03. The lowest BCUT2D eigenvalue weighted by molar-refractivity contribution is 1.02. The monoisotopic (exact) mass is 291 g/mol. The van der Waals surface area contributed by atoms with Gasteiger partial charge in [0.15, 0.2) is 0 Å². The molecule has 1 heterocycles. The summed E-state index contributed by atoms with van der Waals surface area (Å²) in [5, 5.41) is 3.04. The van der Waals surface area contributed by atoms with E-state index in [2.05, 4.69) is 21.9 Å². The molecule has 0 unspecified atom stereocenters. The summed E-state index contributed by atoms with van der Waals surface area (Å²) in [5.74, 6) is 0.631. The van der Waals surface area contributed by atoms with Crippen molar-refractivity contribution in [2.45, 2.75) is 6.42 Å². The molecule has 0 fully saturated rings. The third-order valence-corrected chi connectivity index (χ3v) is 2.44. The zero-order valence-electron chi connectivity index (χ0n) is 7.01. The average Bonchev–Trinajstić information content (AvgIpc) is 2.13. The van der Waals surface area contributed by atoms with Gasteiger partial charge in [-0.3, -0.25) is 4.79 Å². The van der Waals surface area contributed by atoms with Gasteiger partial charge in [0, 0.05) is 6.54 Å². The first-order valence-corrected chi connectivity index (χ1v) is 4.91. The van der Waals surface area contributed by atoms with Crippen LogP contribution in [-0.4, -0.2) is 16.5 Å². The van der Waals surface area contributed by atoms with Gasteiger partial charge in [0.1, 0.15) is 9.39 Å². The maximum Gasteiger partial charge on any atom is 0.266 e. The molecule has 13 heavy (non-hydrogen) atoms. The molecule has 1 aromatic heterocycles. The third-order valence-electron chi connectivity index (χ3n) is 1.44. The van der Waals surface area contributed by atoms with E-state index in [1.165, 1.54) is 6.33 Å². The van der Waals surface area contributed by atoms with Gasteiger partial charge in [-0.15, -0.1) is 6.58 Å². The van der Waals surface area contributed by atoms with E-state index in [0.29, 0.717) is 9.39 Å². The minimum atomic E-state index is -0.114. The molecule has 4 nitrogen and oxygen atoms in total. The molecule has 0 saturated heterocycles. The number of nitrogens with one attached hydrogen (secondary N) is 2. The Hall–Kier alpha value is -0.850. The number of H-pyrrole nitrogens is 1. The minimum absolute atomic E-state index is 0.114. The lowest BCUT2D eigenvalue weighted by atomic mass is 10.4. The van der Waals surface area contributed by atoms with Crippen LogP contribution in [0.3, 0.4) is 0 Å². The number of anilines is 1. The van der Waals surface area contributed by atoms with Crippen molar-refractivity contribution in [3.63, 3.8) is 0 Å². The summed E-state index contributed by atoms with van der Waals surface area (Å²) in [5.41, 5.74) is -0.114. The van der Waals surface area contributed by atoms with Gasteiger partial charge >= 0.3 is 0 Å². The highest BCUT2D eigenvalue weighted by Crippen LogP contribution is 2.07. The molecular formula is C8H10IN3O. The van der Waals surface area contributed by atoms with E-state index in [4.69, 9.17) is 0 Å². The van der Waals surface area contributed by atoms with Crippen molar-refractivity contribution < 1.29 is 0 Å². The van der Waals surface area contributed by atoms with E-state index in [9.17, 15) is 4.79 Å². The van der Waals surface area contributed by atoms with Crippen molar-refractivity contribution in [3.05, 3.63) is 32.9 Å². The predicted molar refractivity (Wildman–Crippen MR) is 60.9 cm³/mol. The zero-order valence-corrected chi connectivity index (χ0v) is 9.17. The Balaban J connectivity index is 2.71. The Bertz CT molecular complexity index is 347. The van der Waals surface area contributed by atoms with Gasteiger partial charge in [0.05, 0.1) is 6.33 Å². The maximum atomic E-state index is 11.1. The van der Waals surface area contributed by atoms with Crippen LogP contribution >= 0.6 is 22.6 Å². The van der Waals surface area contributed by atoms with Gasteiger partial charge in [-0.1, -0.05) is 6.08 Å². The minimum Gasteiger partial charge on any atom is -0.369 e. The van der Waals surface area contributed by atoms with Crippen LogP contribution in [0.25, 0.3) is 0 Å². The van der Waals surface area contributed by atoms with Crippen molar-refractivity contribution in [2.75, 3.05) is 11.9 Å². The van der Waals surface area contributed by atoms with Crippen LogP contribution < -0.4 is 10.9 Å². The summed E-state index contributed by atoms with van der Waals surface area (Å²) in [4.78, 5) is 17.6. The number of nitrogens with zero attached hydrogens (tertiary/aromatic N) is 1. The van der Waals surface area contributed by atoms with Gasteiger partial charge in [-0.05, 0) is 29.0 Å². The number of rotatable bonds is 4. The van der Waals surface area contributed by atoms with Crippen molar-refractivity contribution in [3.8, 4) is 0 Å². The SMILES string of the molecule is C=CCCNc1nc[nH]c(=O)c1I. The smallest absolute Gasteiger partial charge is 0.266 e. The van der Waals surface area contributed by atoms with Crippen LogP contribution in [0.2, 0.25) is 0 Å². The summed E-state index contributed by atoms with van der Waals surface area (Å²) in [6.45, 7) is 4.35. The Labute approximate surface area is 89.6 Å². The second-order valence-corrected chi connectivity index (χ2v) is 3.48. The van der Waals surface area contributed by atoms with Crippen LogP contribution in [0.15, 0.2) is 23.8 Å². The standard InChI is InChI=1S/C8H10IN3O/c1-2-3-4-10-7-6(9)8(13)12-5-11-7/h2,5H,1,3-4H2,(H2,10,11,12,13). The molecule has 0 saturated carbocycles. The van der Waals surface area contributed by atoms with Crippen LogP contribution in [-0.2, 0) is 0 Å². The molecular weight excluding hydrogens is 281 g/mol. The molecule has 1 aromatic rings. The molecule has 0 aliphatic carbocycles. The van der Waals surface area contributed by atoms with Gasteiger partial charge in [0.2, 0.25) is 0 Å². The molecule has 0 radical (unpaired) electrons. The van der Waals surface area contributed by atoms with Gasteiger partial charge < -0.3 is 10.3 Å². The van der Waals surface area contributed by atoms with Crippen molar-refractivity contribution in [2.24, 2.45) is 0 Å². The summed E-state index contributed by atoms with van der Waals surface area (Å²) in [6.07, 6.45) is 4.05.